The number of hydrogen-bond donors (Lipinski definition) is 1. The van der Waals surface area contributed by atoms with Gasteiger partial charge in [0.15, 0.2) is 0 Å². The molecule has 0 spiro atoms. The van der Waals surface area contributed by atoms with E-state index in [-0.39, 0.29) is 0 Å². The van der Waals surface area contributed by atoms with E-state index in [4.69, 9.17) is 5.73 Å². The third-order valence-electron chi connectivity index (χ3n) is 4.28. The molecule has 0 fully saturated rings. The first-order valence-corrected chi connectivity index (χ1v) is 7.91. The highest BCUT2D eigenvalue weighted by molar-refractivity contribution is 6.24. The number of hydrogen-bond acceptors (Lipinski definition) is 3. The van der Waals surface area contributed by atoms with Crippen LogP contribution in [0.1, 0.15) is 23.6 Å². The molecule has 0 bridgehead atoms. The monoisotopic (exact) mass is 311 g/mol. The molecule has 2 N–H and O–H groups in total. The maximum Gasteiger partial charge on any atom is 0.101 e. The molecule has 0 aliphatic heterocycles. The first kappa shape index (κ1) is 14.4. The predicted octanol–water partition coefficient (Wildman–Crippen LogP) is 4.51. The summed E-state index contributed by atoms with van der Waals surface area (Å²) in [6.07, 6.45) is 0. The summed E-state index contributed by atoms with van der Waals surface area (Å²) in [6, 6.07) is 24.3. The van der Waals surface area contributed by atoms with Crippen LogP contribution in [0.15, 0.2) is 83.0 Å². The largest absolute Gasteiger partial charge is 0.399 e. The minimum atomic E-state index is 0.747. The van der Waals surface area contributed by atoms with Gasteiger partial charge in [0, 0.05) is 16.8 Å². The summed E-state index contributed by atoms with van der Waals surface area (Å²) in [5.74, 6) is 0. The van der Waals surface area contributed by atoms with E-state index < -0.39 is 0 Å². The van der Waals surface area contributed by atoms with Gasteiger partial charge >= 0.3 is 0 Å². The van der Waals surface area contributed by atoms with Gasteiger partial charge in [-0.15, -0.1) is 5.10 Å². The van der Waals surface area contributed by atoms with E-state index in [1.54, 1.807) is 0 Å². The molecule has 3 aromatic carbocycles. The van der Waals surface area contributed by atoms with Crippen LogP contribution in [0.25, 0.3) is 11.1 Å². The molecule has 24 heavy (non-hydrogen) atoms. The van der Waals surface area contributed by atoms with Crippen LogP contribution in [0.2, 0.25) is 0 Å². The van der Waals surface area contributed by atoms with Gasteiger partial charge in [-0.2, -0.15) is 5.10 Å². The van der Waals surface area contributed by atoms with E-state index in [0.717, 1.165) is 33.8 Å². The Morgan fingerprint density at radius 2 is 1.21 bits per heavy atom. The predicted molar refractivity (Wildman–Crippen MR) is 101 cm³/mol. The highest BCUT2D eigenvalue weighted by Gasteiger charge is 2.23. The molecule has 1 aliphatic carbocycles. The lowest BCUT2D eigenvalue weighted by Gasteiger charge is -2.01. The zero-order valence-electron chi connectivity index (χ0n) is 13.4. The SMILES string of the molecule is C/C(=N/N=C1c2ccccc2-c2ccccc21)c1ccc(N)cc1. The zero-order valence-corrected chi connectivity index (χ0v) is 13.4. The Kier molecular flexibility index (Phi) is 3.47. The quantitative estimate of drug-likeness (QED) is 0.330. The van der Waals surface area contributed by atoms with E-state index in [9.17, 15) is 0 Å². The van der Waals surface area contributed by atoms with Crippen molar-refractivity contribution in [2.75, 3.05) is 5.73 Å². The third kappa shape index (κ3) is 2.40. The number of anilines is 1. The molecule has 3 aromatic rings. The van der Waals surface area contributed by atoms with Gasteiger partial charge in [-0.05, 0) is 35.7 Å². The highest BCUT2D eigenvalue weighted by Crippen LogP contribution is 2.36. The van der Waals surface area contributed by atoms with Gasteiger partial charge in [0.25, 0.3) is 0 Å². The van der Waals surface area contributed by atoms with Crippen LogP contribution < -0.4 is 5.73 Å². The van der Waals surface area contributed by atoms with Gasteiger partial charge in [0.1, 0.15) is 5.71 Å². The summed E-state index contributed by atoms with van der Waals surface area (Å²) < 4.78 is 0. The second-order valence-electron chi connectivity index (χ2n) is 5.85. The lowest BCUT2D eigenvalue weighted by atomic mass is 10.1. The van der Waals surface area contributed by atoms with Crippen LogP contribution in [0.4, 0.5) is 5.69 Å². The summed E-state index contributed by atoms with van der Waals surface area (Å²) in [5, 5.41) is 9.05. The topological polar surface area (TPSA) is 50.7 Å². The number of nitrogens with zero attached hydrogens (tertiary/aromatic N) is 2. The summed E-state index contributed by atoms with van der Waals surface area (Å²) in [4.78, 5) is 0. The number of nitrogen functional groups attached to an aromatic ring is 1. The summed E-state index contributed by atoms with van der Waals surface area (Å²) >= 11 is 0. The van der Waals surface area contributed by atoms with Crippen molar-refractivity contribution in [1.29, 1.82) is 0 Å². The fraction of sp³-hybridized carbons (Fsp3) is 0.0476. The van der Waals surface area contributed by atoms with Crippen molar-refractivity contribution in [1.82, 2.24) is 0 Å². The Morgan fingerprint density at radius 1 is 0.708 bits per heavy atom. The molecule has 0 amide bonds. The van der Waals surface area contributed by atoms with Crippen LogP contribution in [0.3, 0.4) is 0 Å². The second kappa shape index (κ2) is 5.78. The van der Waals surface area contributed by atoms with Crippen molar-refractivity contribution in [3.63, 3.8) is 0 Å². The van der Waals surface area contributed by atoms with E-state index in [0.29, 0.717) is 0 Å². The third-order valence-corrected chi connectivity index (χ3v) is 4.28. The fourth-order valence-electron chi connectivity index (χ4n) is 3.01. The van der Waals surface area contributed by atoms with Gasteiger partial charge in [-0.3, -0.25) is 0 Å². The standard InChI is InChI=1S/C21H17N3/c1-14(15-10-12-16(22)13-11-15)23-24-21-19-8-4-2-6-17(19)18-7-3-5-9-20(18)21/h2-13H,22H2,1H3/b23-14-. The fourth-order valence-corrected chi connectivity index (χ4v) is 3.01. The van der Waals surface area contributed by atoms with Crippen LogP contribution in [0, 0.1) is 0 Å². The Labute approximate surface area is 141 Å². The lowest BCUT2D eigenvalue weighted by Crippen LogP contribution is -1.99. The summed E-state index contributed by atoms with van der Waals surface area (Å²) in [5.41, 5.74) is 14.0. The molecule has 0 saturated heterocycles. The van der Waals surface area contributed by atoms with Crippen molar-refractivity contribution in [2.45, 2.75) is 6.92 Å². The lowest BCUT2D eigenvalue weighted by molar-refractivity contribution is 1.23. The van der Waals surface area contributed by atoms with E-state index >= 15 is 0 Å². The normalized spacial score (nSPS) is 12.7. The van der Waals surface area contributed by atoms with Gasteiger partial charge in [-0.1, -0.05) is 60.7 Å². The average molecular weight is 311 g/mol. The average Bonchev–Trinajstić information content (AvgIpc) is 2.94. The van der Waals surface area contributed by atoms with Crippen molar-refractivity contribution in [3.05, 3.63) is 89.5 Å². The Morgan fingerprint density at radius 3 is 1.75 bits per heavy atom. The van der Waals surface area contributed by atoms with E-state index in [2.05, 4.69) is 46.6 Å². The van der Waals surface area contributed by atoms with E-state index in [1.807, 2.05) is 43.3 Å². The first-order valence-electron chi connectivity index (χ1n) is 7.91. The zero-order chi connectivity index (χ0) is 16.5. The number of benzene rings is 3. The molecule has 3 heteroatoms. The van der Waals surface area contributed by atoms with Crippen LogP contribution in [-0.2, 0) is 0 Å². The molecule has 0 atom stereocenters. The number of fused-ring (bicyclic) bond motifs is 3. The molecule has 4 rings (SSSR count). The first-order chi connectivity index (χ1) is 11.7. The smallest absolute Gasteiger partial charge is 0.101 e. The van der Waals surface area contributed by atoms with Crippen molar-refractivity contribution in [3.8, 4) is 11.1 Å². The minimum Gasteiger partial charge on any atom is -0.399 e. The Balaban J connectivity index is 1.80. The van der Waals surface area contributed by atoms with Gasteiger partial charge in [0.05, 0.1) is 5.71 Å². The van der Waals surface area contributed by atoms with Gasteiger partial charge in [-0.25, -0.2) is 0 Å². The number of rotatable bonds is 2. The molecule has 0 aromatic heterocycles. The van der Waals surface area contributed by atoms with Crippen molar-refractivity contribution < 1.29 is 0 Å². The van der Waals surface area contributed by atoms with Crippen LogP contribution >= 0.6 is 0 Å². The van der Waals surface area contributed by atoms with Crippen molar-refractivity contribution >= 4 is 17.1 Å². The molecule has 1 aliphatic rings. The van der Waals surface area contributed by atoms with Crippen LogP contribution in [0.5, 0.6) is 0 Å². The van der Waals surface area contributed by atoms with Gasteiger partial charge < -0.3 is 5.73 Å². The molecule has 0 saturated carbocycles. The maximum atomic E-state index is 5.74. The van der Waals surface area contributed by atoms with Crippen LogP contribution in [-0.4, -0.2) is 11.4 Å². The van der Waals surface area contributed by atoms with E-state index in [1.165, 1.54) is 11.1 Å². The highest BCUT2D eigenvalue weighted by atomic mass is 15.2. The molecular formula is C21H17N3. The Bertz CT molecular complexity index is 919. The second-order valence-corrected chi connectivity index (χ2v) is 5.85. The Hall–Kier alpha value is -3.20. The molecule has 3 nitrogen and oxygen atoms in total. The summed E-state index contributed by atoms with van der Waals surface area (Å²) in [7, 11) is 0. The molecule has 0 radical (unpaired) electrons. The molecule has 0 unspecified atom stereocenters. The molecule has 116 valence electrons. The molecule has 0 heterocycles. The molecular weight excluding hydrogens is 294 g/mol. The minimum absolute atomic E-state index is 0.747. The van der Waals surface area contributed by atoms with Crippen molar-refractivity contribution in [2.24, 2.45) is 10.2 Å². The summed E-state index contributed by atoms with van der Waals surface area (Å²) in [6.45, 7) is 1.96. The maximum absolute atomic E-state index is 5.74. The van der Waals surface area contributed by atoms with Gasteiger partial charge in [0.2, 0.25) is 0 Å². The number of nitrogens with two attached hydrogens (primary N) is 1.